The molecule has 2 aliphatic heterocycles. The van der Waals surface area contributed by atoms with E-state index in [-0.39, 0.29) is 24.6 Å². The SMILES string of the molecule is CC1CN(C(=O)N2CCCCC2CC(=O)O)CCO1. The predicted molar refractivity (Wildman–Crippen MR) is 69.0 cm³/mol. The Morgan fingerprint density at radius 3 is 2.79 bits per heavy atom. The van der Waals surface area contributed by atoms with Gasteiger partial charge >= 0.3 is 12.0 Å². The molecular formula is C13H22N2O4. The van der Waals surface area contributed by atoms with Crippen molar-refractivity contribution in [2.75, 3.05) is 26.2 Å². The summed E-state index contributed by atoms with van der Waals surface area (Å²) in [6.07, 6.45) is 2.85. The number of aliphatic carboxylic acids is 1. The lowest BCUT2D eigenvalue weighted by molar-refractivity contribution is -0.138. The van der Waals surface area contributed by atoms with Gasteiger partial charge in [-0.3, -0.25) is 4.79 Å². The summed E-state index contributed by atoms with van der Waals surface area (Å²) in [7, 11) is 0. The first-order valence-electron chi connectivity index (χ1n) is 6.97. The molecular weight excluding hydrogens is 248 g/mol. The number of carbonyl (C=O) groups is 2. The van der Waals surface area contributed by atoms with Crippen LogP contribution in [0.1, 0.15) is 32.6 Å². The number of nitrogens with zero attached hydrogens (tertiary/aromatic N) is 2. The molecule has 2 amide bonds. The molecule has 6 nitrogen and oxygen atoms in total. The van der Waals surface area contributed by atoms with Crippen LogP contribution in [0, 0.1) is 0 Å². The molecule has 0 radical (unpaired) electrons. The minimum absolute atomic E-state index is 0.0268. The summed E-state index contributed by atoms with van der Waals surface area (Å²) >= 11 is 0. The fourth-order valence-corrected chi connectivity index (χ4v) is 2.84. The molecule has 1 N–H and O–H groups in total. The van der Waals surface area contributed by atoms with Crippen LogP contribution >= 0.6 is 0 Å². The standard InChI is InChI=1S/C13H22N2O4/c1-10-9-14(6-7-19-10)13(18)15-5-3-2-4-11(15)8-12(16)17/h10-11H,2-9H2,1H3,(H,16,17). The number of amides is 2. The van der Waals surface area contributed by atoms with Crippen molar-refractivity contribution < 1.29 is 19.4 Å². The summed E-state index contributed by atoms with van der Waals surface area (Å²) in [5.74, 6) is -0.833. The van der Waals surface area contributed by atoms with Gasteiger partial charge in [0.05, 0.1) is 19.1 Å². The van der Waals surface area contributed by atoms with Crippen molar-refractivity contribution in [3.8, 4) is 0 Å². The molecule has 108 valence electrons. The number of hydrogen-bond donors (Lipinski definition) is 1. The van der Waals surface area contributed by atoms with Gasteiger partial charge in [0, 0.05) is 25.7 Å². The van der Waals surface area contributed by atoms with Crippen molar-refractivity contribution in [2.45, 2.75) is 44.8 Å². The lowest BCUT2D eigenvalue weighted by Crippen LogP contribution is -2.54. The Morgan fingerprint density at radius 2 is 2.11 bits per heavy atom. The number of piperidine rings is 1. The molecule has 2 heterocycles. The van der Waals surface area contributed by atoms with Crippen molar-refractivity contribution in [2.24, 2.45) is 0 Å². The van der Waals surface area contributed by atoms with Gasteiger partial charge in [0.25, 0.3) is 0 Å². The van der Waals surface area contributed by atoms with E-state index in [0.717, 1.165) is 19.3 Å². The largest absolute Gasteiger partial charge is 0.481 e. The van der Waals surface area contributed by atoms with Gasteiger partial charge in [-0.2, -0.15) is 0 Å². The van der Waals surface area contributed by atoms with Crippen LogP contribution in [-0.2, 0) is 9.53 Å². The van der Waals surface area contributed by atoms with Gasteiger partial charge in [-0.1, -0.05) is 0 Å². The van der Waals surface area contributed by atoms with E-state index in [0.29, 0.717) is 26.2 Å². The molecule has 2 atom stereocenters. The zero-order valence-electron chi connectivity index (χ0n) is 11.4. The molecule has 0 aliphatic carbocycles. The van der Waals surface area contributed by atoms with Crippen LogP contribution < -0.4 is 0 Å². The molecule has 0 aromatic carbocycles. The molecule has 19 heavy (non-hydrogen) atoms. The normalized spacial score (nSPS) is 28.3. The van der Waals surface area contributed by atoms with Gasteiger partial charge < -0.3 is 19.6 Å². The van der Waals surface area contributed by atoms with Crippen LogP contribution in [0.5, 0.6) is 0 Å². The predicted octanol–water partition coefficient (Wildman–Crippen LogP) is 1.16. The van der Waals surface area contributed by atoms with E-state index in [2.05, 4.69) is 0 Å². The summed E-state index contributed by atoms with van der Waals surface area (Å²) in [4.78, 5) is 26.9. The van der Waals surface area contributed by atoms with E-state index in [4.69, 9.17) is 9.84 Å². The van der Waals surface area contributed by atoms with Crippen molar-refractivity contribution in [3.63, 3.8) is 0 Å². The fourth-order valence-electron chi connectivity index (χ4n) is 2.84. The number of carboxylic acids is 1. The highest BCUT2D eigenvalue weighted by Crippen LogP contribution is 2.22. The fraction of sp³-hybridized carbons (Fsp3) is 0.846. The van der Waals surface area contributed by atoms with E-state index in [9.17, 15) is 9.59 Å². The first kappa shape index (κ1) is 14.1. The summed E-state index contributed by atoms with van der Waals surface area (Å²) in [5.41, 5.74) is 0. The minimum atomic E-state index is -0.833. The maximum atomic E-state index is 12.5. The number of carboxylic acid groups (broad SMARTS) is 1. The molecule has 2 aliphatic rings. The van der Waals surface area contributed by atoms with Crippen LogP contribution in [0.15, 0.2) is 0 Å². The molecule has 2 unspecified atom stereocenters. The smallest absolute Gasteiger partial charge is 0.320 e. The Hall–Kier alpha value is -1.30. The van der Waals surface area contributed by atoms with Gasteiger partial charge in [-0.05, 0) is 26.2 Å². The third kappa shape index (κ3) is 3.59. The zero-order valence-corrected chi connectivity index (χ0v) is 11.4. The number of hydrogen-bond acceptors (Lipinski definition) is 3. The Morgan fingerprint density at radius 1 is 1.32 bits per heavy atom. The molecule has 2 rings (SSSR count). The molecule has 0 aromatic heterocycles. The Kier molecular flexibility index (Phi) is 4.63. The van der Waals surface area contributed by atoms with E-state index in [1.54, 1.807) is 9.80 Å². The van der Waals surface area contributed by atoms with Crippen LogP contribution in [0.4, 0.5) is 4.79 Å². The number of likely N-dealkylation sites (tertiary alicyclic amines) is 1. The first-order chi connectivity index (χ1) is 9.08. The molecule has 0 aromatic rings. The summed E-state index contributed by atoms with van der Waals surface area (Å²) in [6.45, 7) is 4.37. The van der Waals surface area contributed by atoms with Crippen LogP contribution in [0.2, 0.25) is 0 Å². The van der Waals surface area contributed by atoms with E-state index in [1.165, 1.54) is 0 Å². The van der Waals surface area contributed by atoms with E-state index in [1.807, 2.05) is 6.92 Å². The number of rotatable bonds is 2. The highest BCUT2D eigenvalue weighted by Gasteiger charge is 2.32. The van der Waals surface area contributed by atoms with Crippen molar-refractivity contribution in [3.05, 3.63) is 0 Å². The average molecular weight is 270 g/mol. The lowest BCUT2D eigenvalue weighted by atomic mass is 10.00. The number of carbonyl (C=O) groups excluding carboxylic acids is 1. The second-order valence-corrected chi connectivity index (χ2v) is 5.35. The van der Waals surface area contributed by atoms with E-state index >= 15 is 0 Å². The minimum Gasteiger partial charge on any atom is -0.481 e. The van der Waals surface area contributed by atoms with Gasteiger partial charge in [-0.25, -0.2) is 4.79 Å². The van der Waals surface area contributed by atoms with Crippen LogP contribution in [0.3, 0.4) is 0 Å². The summed E-state index contributed by atoms with van der Waals surface area (Å²) in [6, 6.07) is -0.182. The maximum absolute atomic E-state index is 12.5. The monoisotopic (exact) mass is 270 g/mol. The average Bonchev–Trinajstić information content (AvgIpc) is 2.38. The Bertz CT molecular complexity index is 348. The number of ether oxygens (including phenoxy) is 1. The molecule has 2 saturated heterocycles. The van der Waals surface area contributed by atoms with Gasteiger partial charge in [0.1, 0.15) is 0 Å². The van der Waals surface area contributed by atoms with Gasteiger partial charge in [0.2, 0.25) is 0 Å². The third-order valence-electron chi connectivity index (χ3n) is 3.79. The highest BCUT2D eigenvalue weighted by molar-refractivity contribution is 5.76. The second-order valence-electron chi connectivity index (χ2n) is 5.35. The molecule has 0 spiro atoms. The summed E-state index contributed by atoms with van der Waals surface area (Å²) < 4.78 is 5.43. The lowest BCUT2D eigenvalue weighted by Gasteiger charge is -2.40. The van der Waals surface area contributed by atoms with Gasteiger partial charge in [-0.15, -0.1) is 0 Å². The second kappa shape index (κ2) is 6.23. The maximum Gasteiger partial charge on any atom is 0.320 e. The van der Waals surface area contributed by atoms with Crippen molar-refractivity contribution in [1.82, 2.24) is 9.80 Å². The Labute approximate surface area is 113 Å². The molecule has 2 fully saturated rings. The number of morpholine rings is 1. The van der Waals surface area contributed by atoms with Gasteiger partial charge in [0.15, 0.2) is 0 Å². The first-order valence-corrected chi connectivity index (χ1v) is 6.97. The number of urea groups is 1. The van der Waals surface area contributed by atoms with Crippen LogP contribution in [-0.4, -0.2) is 65.3 Å². The van der Waals surface area contributed by atoms with E-state index < -0.39 is 5.97 Å². The van der Waals surface area contributed by atoms with Crippen LogP contribution in [0.25, 0.3) is 0 Å². The molecule has 0 saturated carbocycles. The zero-order chi connectivity index (χ0) is 13.8. The third-order valence-corrected chi connectivity index (χ3v) is 3.79. The Balaban J connectivity index is 2.00. The van der Waals surface area contributed by atoms with Crippen molar-refractivity contribution >= 4 is 12.0 Å². The molecule has 0 bridgehead atoms. The quantitative estimate of drug-likeness (QED) is 0.817. The highest BCUT2D eigenvalue weighted by atomic mass is 16.5. The van der Waals surface area contributed by atoms with Crippen molar-refractivity contribution in [1.29, 1.82) is 0 Å². The summed E-state index contributed by atoms with van der Waals surface area (Å²) in [5, 5.41) is 8.95. The molecule has 6 heteroatoms. The topological polar surface area (TPSA) is 70.1 Å².